The third kappa shape index (κ3) is 27.0. The fourth-order valence-electron chi connectivity index (χ4n) is 13.6. The number of carbonyl (C=O) groups is 8. The molecule has 8 aromatic rings. The topological polar surface area (TPSA) is 909 Å². The molecule has 61 nitrogen and oxygen atoms in total. The number of thiazole rings is 3. The van der Waals surface area contributed by atoms with E-state index in [2.05, 4.69) is 78.0 Å². The lowest BCUT2D eigenvalue weighted by Gasteiger charge is -2.50. The number of ketones is 4. The van der Waals surface area contributed by atoms with E-state index in [1.165, 1.54) is 76.2 Å². The van der Waals surface area contributed by atoms with Gasteiger partial charge in [-0.3, -0.25) is 75.7 Å². The van der Waals surface area contributed by atoms with Gasteiger partial charge in [0.15, 0.2) is 114 Å². The summed E-state index contributed by atoms with van der Waals surface area (Å²) in [6.07, 6.45) is -3.38. The molecule has 790 valence electrons. The molecule has 4 aliphatic heterocycles. The van der Waals surface area contributed by atoms with E-state index in [1.54, 1.807) is 13.8 Å². The number of hydroxylamine groups is 8. The Bertz CT molecular complexity index is 7170. The number of rotatable bonds is 37. The van der Waals surface area contributed by atoms with Crippen LogP contribution in [0.4, 0.5) is 20.5 Å². The number of nitrogens with two attached hydrogens (primary N) is 4. The Morgan fingerprint density at radius 2 is 0.655 bits per heavy atom. The molecule has 8 atom stereocenters. The number of nitrogen functional groups attached to an aromatic ring is 4. The van der Waals surface area contributed by atoms with E-state index in [-0.39, 0.29) is 80.6 Å². The zero-order chi connectivity index (χ0) is 109. The van der Waals surface area contributed by atoms with Crippen molar-refractivity contribution < 1.29 is 168 Å². The van der Waals surface area contributed by atoms with Gasteiger partial charge in [-0.05, 0) is 98.0 Å². The number of oxime groups is 4. The Hall–Kier alpha value is -13.2. The number of hydrogen-bond acceptors (Lipinski definition) is 53. The number of aromatic hydroxyl groups is 4. The summed E-state index contributed by atoms with van der Waals surface area (Å²) in [5.74, 6) is -14.4. The highest BCUT2D eigenvalue weighted by atomic mass is 79.9. The Morgan fingerprint density at radius 1 is 0.407 bits per heavy atom. The van der Waals surface area contributed by atoms with Gasteiger partial charge in [-0.15, -0.1) is 17.1 Å². The van der Waals surface area contributed by atoms with Gasteiger partial charge < -0.3 is 83.5 Å². The molecule has 0 aromatic carbocycles. The monoisotopic (exact) mass is 2300 g/mol. The van der Waals surface area contributed by atoms with Crippen LogP contribution in [0.3, 0.4) is 0 Å². The van der Waals surface area contributed by atoms with E-state index >= 15 is 0 Å². The van der Waals surface area contributed by atoms with Crippen molar-refractivity contribution in [2.24, 2.45) is 50.2 Å². The smallest absolute Gasteiger partial charge is 0.418 e. The van der Waals surface area contributed by atoms with Crippen LogP contribution in [-0.2, 0) is 116 Å². The first kappa shape index (κ1) is 115. The predicted molar refractivity (Wildman–Crippen MR) is 500 cm³/mol. The van der Waals surface area contributed by atoms with Crippen molar-refractivity contribution in [2.45, 2.75) is 162 Å². The van der Waals surface area contributed by atoms with Crippen molar-refractivity contribution in [2.75, 3.05) is 22.9 Å². The molecule has 0 bridgehead atoms. The summed E-state index contributed by atoms with van der Waals surface area (Å²) in [5, 5.41) is 94.8. The summed E-state index contributed by atoms with van der Waals surface area (Å²) in [7, 11) is -19.9. The zero-order valence-corrected chi connectivity index (χ0v) is 85.9. The van der Waals surface area contributed by atoms with E-state index in [1.807, 2.05) is 0 Å². The minimum Gasteiger partial charge on any atom is -0.503 e. The van der Waals surface area contributed by atoms with Crippen LogP contribution in [0.15, 0.2) is 92.6 Å². The normalized spacial score (nSPS) is 18.6. The van der Waals surface area contributed by atoms with Crippen molar-refractivity contribution in [3.05, 3.63) is 148 Å². The molecular weight excluding hydrogens is 2220 g/mol. The van der Waals surface area contributed by atoms with Crippen LogP contribution in [0.25, 0.3) is 0 Å². The molecule has 12 rings (SSSR count). The van der Waals surface area contributed by atoms with Crippen molar-refractivity contribution in [1.82, 2.24) is 63.5 Å². The van der Waals surface area contributed by atoms with Gasteiger partial charge in [0.25, 0.3) is 23.6 Å². The molecule has 20 N–H and O–H groups in total. The van der Waals surface area contributed by atoms with Crippen LogP contribution in [0, 0.1) is 29.6 Å². The second-order valence-electron chi connectivity index (χ2n) is 33.3. The Labute approximate surface area is 848 Å². The van der Waals surface area contributed by atoms with Gasteiger partial charge in [0.1, 0.15) is 52.3 Å². The molecule has 4 aliphatic rings. The number of pyridine rings is 4. The first-order valence-corrected chi connectivity index (χ1v) is 50.4. The first-order valence-electron chi connectivity index (χ1n) is 40.2. The number of aromatic nitrogens is 9. The summed E-state index contributed by atoms with van der Waals surface area (Å²) < 4.78 is 147. The molecule has 0 aliphatic carbocycles. The van der Waals surface area contributed by atoms with Gasteiger partial charge in [-0.25, -0.2) is 15.0 Å². The average molecular weight is 2300 g/mol. The second kappa shape index (κ2) is 44.0. The van der Waals surface area contributed by atoms with Gasteiger partial charge >= 0.3 is 41.6 Å². The van der Waals surface area contributed by atoms with Crippen LogP contribution in [0.1, 0.15) is 186 Å². The number of β-lactam (4-membered cyclic amide) rings is 4. The molecule has 0 saturated carbocycles. The number of halogens is 3. The highest BCUT2D eigenvalue weighted by Gasteiger charge is 2.62. The minimum atomic E-state index is -4.99. The predicted octanol–water partition coefficient (Wildman–Crippen LogP) is 3.07. The molecule has 4 amide bonds. The molecule has 0 radical (unpaired) electrons. The molecule has 0 spiro atoms. The van der Waals surface area contributed by atoms with E-state index in [0.29, 0.717) is 43.0 Å². The third-order valence-corrected chi connectivity index (χ3v) is 27.0. The molecule has 72 heteroatoms. The SMILES string of the molecule is CC(C)C(O/N=C(\C(=O)C[C@@H]1C(=O)N(OS(=O)(=O)O)C1(C)C)c1nc(N)sc1Cl)c1cc(=O)c(O)cn1O.CC(O/N=C(\C(=O)C[C@@H]1C(=O)N(OS(=O)(=O)O)C1(C)C)c1nc(N)sc1Br)c1cc(=O)c(O)cn1O.CC(O/N=C(\C(=O)C[C@@H]1C(=O)N(OS(=O)(=O)O)C1(C)C)c1nc(N)sc1Cl)c1cc(=O)c(O)cn1O.CC(O/N=C(\C(=O)C[C@@H]1C(=O)N(OS(=O)(=O)O)C1(C)C)c1nsc(N)n1)c1cc(=O)c(O)cn1O. The first-order chi connectivity index (χ1) is 66.6. The van der Waals surface area contributed by atoms with E-state index in [4.69, 9.17) is 83.7 Å². The summed E-state index contributed by atoms with van der Waals surface area (Å²) in [6.45, 7) is 18.8. The van der Waals surface area contributed by atoms with E-state index in [9.17, 15) is 132 Å². The molecule has 4 fully saturated rings. The molecule has 4 unspecified atom stereocenters. The standard InChI is InChI=1S/C20H24ClN5O10S2.C18H20BrN5O10S2.C18H20ClN5O10S2.C17H20N6O10S2/c1-8(2)16(10-6-11(27)13(29)7-25(10)31)35-24-14(15-17(21)37-19(22)23-15)12(28)5-9-18(30)26(20(9,3)4)36-38(32,33)34;2*1-7(9-5-10(25)12(27)6-23(9)29)33-22-13(14-15(19)35-17(20)21-14)11(26)4-8-16(28)24(18(8,2)3)34-36(30,31)32;1-7(9-5-10(24)12(26)6-22(9)28)32-20-13(14-19-16(18)34-21-14)11(25)4-8-15(27)23(17(8,2)3)33-35(29,30)31/h6-9,16,29,31H,5H2,1-4H3,(H2,22,23)(H,32,33,34);2*5-8,27,29H,4H2,1-3H3,(H2,20,21)(H,30,31,32);5-8,26,28H,4H2,1-3H3,(H2,18,19,21)(H,29,30,31)/b24-14+;2*22-13+;20-13+/t9-,16?;3*7?,8-/m1111/s1. The van der Waals surface area contributed by atoms with Crippen molar-refractivity contribution in [1.29, 1.82) is 0 Å². The van der Waals surface area contributed by atoms with Crippen LogP contribution in [0.2, 0.25) is 8.67 Å². The van der Waals surface area contributed by atoms with Gasteiger partial charge in [0.05, 0.1) is 70.6 Å². The van der Waals surface area contributed by atoms with Gasteiger partial charge in [0.2, 0.25) is 27.5 Å². The summed E-state index contributed by atoms with van der Waals surface area (Å²) >= 11 is 19.0. The fourth-order valence-corrected chi connectivity index (χ4v) is 19.1. The van der Waals surface area contributed by atoms with Gasteiger partial charge in [-0.2, -0.15) is 82.2 Å². The lowest BCUT2D eigenvalue weighted by Crippen LogP contribution is -2.68. The fraction of sp³-hybridized carbons (Fsp3) is 0.411. The van der Waals surface area contributed by atoms with Crippen LogP contribution in [0.5, 0.6) is 23.0 Å². The summed E-state index contributed by atoms with van der Waals surface area (Å²) in [5.41, 5.74) is 11.9. The molecular formula is C73H84BrCl2N21O40S8. The summed E-state index contributed by atoms with van der Waals surface area (Å²) in [6, 6.07) is 3.64. The molecule has 8 aromatic heterocycles. The lowest BCUT2D eigenvalue weighted by atomic mass is 9.74. The molecule has 4 saturated heterocycles. The zero-order valence-electron chi connectivity index (χ0n) is 76.3. The molecule has 145 heavy (non-hydrogen) atoms. The number of hydrogen-bond donors (Lipinski definition) is 16. The van der Waals surface area contributed by atoms with Crippen LogP contribution < -0.4 is 44.6 Å². The number of anilines is 4. The Morgan fingerprint density at radius 3 is 0.897 bits per heavy atom. The number of carbonyl (C=O) groups excluding carboxylic acids is 8. The number of amides is 4. The highest BCUT2D eigenvalue weighted by molar-refractivity contribution is 9.11. The van der Waals surface area contributed by atoms with Gasteiger partial charge in [-0.1, -0.05) is 91.7 Å². The molecule has 12 heterocycles. The Kier molecular flexibility index (Phi) is 35.0. The van der Waals surface area contributed by atoms with E-state index in [0.717, 1.165) is 94.6 Å². The maximum Gasteiger partial charge on any atom is 0.418 e. The van der Waals surface area contributed by atoms with Crippen molar-refractivity contribution in [3.8, 4) is 23.0 Å². The number of nitrogens with zero attached hydrogens (tertiary/aromatic N) is 17. The van der Waals surface area contributed by atoms with Gasteiger partial charge in [0, 0.05) is 61.5 Å². The third-order valence-electron chi connectivity index (χ3n) is 21.4. The quantitative estimate of drug-likeness (QED) is 0.00874. The lowest BCUT2D eigenvalue weighted by molar-refractivity contribution is -0.228. The summed E-state index contributed by atoms with van der Waals surface area (Å²) in [4.78, 5) is 187. The minimum absolute atomic E-state index is 0.000872. The van der Waals surface area contributed by atoms with Crippen LogP contribution >= 0.6 is 84.7 Å². The van der Waals surface area contributed by atoms with Crippen molar-refractivity contribution >= 4 is 216 Å². The Balaban J connectivity index is 0.000000215. The number of Topliss-reactive ketones (excluding diaryl/α,β-unsaturated/α-hetero) is 4. The van der Waals surface area contributed by atoms with Crippen LogP contribution in [-0.4, -0.2) is 248 Å². The average Bonchev–Trinajstić information content (AvgIpc) is 0.927. The van der Waals surface area contributed by atoms with Crippen molar-refractivity contribution in [3.63, 3.8) is 0 Å². The second-order valence-corrected chi connectivity index (χ2v) is 43.7. The van der Waals surface area contributed by atoms with E-state index < -0.39 is 252 Å². The largest absolute Gasteiger partial charge is 0.503 e. The maximum absolute atomic E-state index is 13.4. The maximum atomic E-state index is 13.4. The highest BCUT2D eigenvalue weighted by Crippen LogP contribution is 2.46.